The van der Waals surface area contributed by atoms with Crippen molar-refractivity contribution in [1.82, 2.24) is 16.0 Å². The van der Waals surface area contributed by atoms with Crippen molar-refractivity contribution in [2.75, 3.05) is 6.61 Å². The SMILES string of the molecule is CC(NC(=O)C(NC(=O)C(N)CO)C(C)O)C(=O)NC(Cc1ccc(O)cc1)C(=O)O. The van der Waals surface area contributed by atoms with E-state index in [-0.39, 0.29) is 12.2 Å². The smallest absolute Gasteiger partial charge is 0.326 e. The van der Waals surface area contributed by atoms with Gasteiger partial charge >= 0.3 is 5.97 Å². The van der Waals surface area contributed by atoms with Crippen LogP contribution in [-0.2, 0) is 25.6 Å². The number of carbonyl (C=O) groups is 4. The van der Waals surface area contributed by atoms with Gasteiger partial charge in [0.25, 0.3) is 0 Å². The van der Waals surface area contributed by atoms with Gasteiger partial charge in [-0.3, -0.25) is 14.4 Å². The number of benzene rings is 1. The highest BCUT2D eigenvalue weighted by Crippen LogP contribution is 2.11. The lowest BCUT2D eigenvalue weighted by molar-refractivity contribution is -0.142. The van der Waals surface area contributed by atoms with E-state index in [0.717, 1.165) is 0 Å². The van der Waals surface area contributed by atoms with Gasteiger partial charge in [0.2, 0.25) is 17.7 Å². The molecule has 0 radical (unpaired) electrons. The van der Waals surface area contributed by atoms with Crippen molar-refractivity contribution in [3.8, 4) is 5.75 Å². The number of hydrogen-bond donors (Lipinski definition) is 8. The summed E-state index contributed by atoms with van der Waals surface area (Å²) in [6, 6.07) is 0.535. The number of hydrogen-bond acceptors (Lipinski definition) is 8. The quantitative estimate of drug-likeness (QED) is 0.178. The number of aliphatic carboxylic acids is 1. The van der Waals surface area contributed by atoms with Crippen molar-refractivity contribution in [3.63, 3.8) is 0 Å². The Balaban J connectivity index is 2.76. The number of phenolic OH excluding ortho intramolecular Hbond substituents is 1. The van der Waals surface area contributed by atoms with Crippen LogP contribution in [0.2, 0.25) is 0 Å². The minimum Gasteiger partial charge on any atom is -0.508 e. The van der Waals surface area contributed by atoms with Crippen LogP contribution in [0.1, 0.15) is 19.4 Å². The molecule has 0 saturated heterocycles. The van der Waals surface area contributed by atoms with Crippen LogP contribution in [0.25, 0.3) is 0 Å². The van der Waals surface area contributed by atoms with Crippen LogP contribution in [0.4, 0.5) is 0 Å². The fourth-order valence-corrected chi connectivity index (χ4v) is 2.48. The Labute approximate surface area is 178 Å². The van der Waals surface area contributed by atoms with E-state index in [4.69, 9.17) is 10.8 Å². The van der Waals surface area contributed by atoms with Crippen molar-refractivity contribution in [2.24, 2.45) is 5.73 Å². The zero-order valence-electron chi connectivity index (χ0n) is 17.1. The largest absolute Gasteiger partial charge is 0.508 e. The summed E-state index contributed by atoms with van der Waals surface area (Å²) >= 11 is 0. The first kappa shape index (κ1) is 25.8. The minimum atomic E-state index is -1.45. The molecule has 0 aromatic heterocycles. The summed E-state index contributed by atoms with van der Waals surface area (Å²) in [5.41, 5.74) is 5.92. The molecule has 0 heterocycles. The van der Waals surface area contributed by atoms with Crippen molar-refractivity contribution in [3.05, 3.63) is 29.8 Å². The molecule has 9 N–H and O–H groups in total. The first-order valence-corrected chi connectivity index (χ1v) is 9.42. The molecule has 1 aromatic rings. The molecule has 172 valence electrons. The van der Waals surface area contributed by atoms with Crippen LogP contribution in [-0.4, -0.2) is 81.0 Å². The van der Waals surface area contributed by atoms with Crippen LogP contribution < -0.4 is 21.7 Å². The number of nitrogens with two attached hydrogens (primary N) is 1. The highest BCUT2D eigenvalue weighted by Gasteiger charge is 2.30. The maximum Gasteiger partial charge on any atom is 0.326 e. The van der Waals surface area contributed by atoms with Crippen LogP contribution >= 0.6 is 0 Å². The summed E-state index contributed by atoms with van der Waals surface area (Å²) in [6.45, 7) is 1.86. The standard InChI is InChI=1S/C19H28N4O8/c1-9(21-18(29)15(10(2)25)23-17(28)13(20)8-24)16(27)22-14(19(30)31)7-11-3-5-12(26)6-4-11/h3-6,9-10,13-15,24-26H,7-8,20H2,1-2H3,(H,21,29)(H,22,27)(H,23,28)(H,30,31). The Hall–Kier alpha value is -3.22. The van der Waals surface area contributed by atoms with Crippen LogP contribution in [0.15, 0.2) is 24.3 Å². The molecule has 1 rings (SSSR count). The normalized spacial score (nSPS) is 15.6. The van der Waals surface area contributed by atoms with Crippen LogP contribution in [0, 0.1) is 0 Å². The second-order valence-electron chi connectivity index (χ2n) is 7.02. The number of carboxylic acids is 1. The molecule has 0 fully saturated rings. The molecular formula is C19H28N4O8. The Morgan fingerprint density at radius 1 is 0.968 bits per heavy atom. The van der Waals surface area contributed by atoms with Gasteiger partial charge in [-0.2, -0.15) is 0 Å². The molecule has 5 unspecified atom stereocenters. The van der Waals surface area contributed by atoms with Crippen molar-refractivity contribution >= 4 is 23.7 Å². The molecule has 5 atom stereocenters. The van der Waals surface area contributed by atoms with Crippen LogP contribution in [0.3, 0.4) is 0 Å². The molecule has 0 aliphatic carbocycles. The molecule has 1 aromatic carbocycles. The average Bonchev–Trinajstić information content (AvgIpc) is 2.71. The Kier molecular flexibility index (Phi) is 9.86. The van der Waals surface area contributed by atoms with Gasteiger partial charge in [0.05, 0.1) is 12.7 Å². The summed E-state index contributed by atoms with van der Waals surface area (Å²) in [5, 5.41) is 44.1. The van der Waals surface area contributed by atoms with Crippen molar-refractivity contribution < 1.29 is 39.6 Å². The number of carbonyl (C=O) groups excluding carboxylic acids is 3. The topological polar surface area (TPSA) is 211 Å². The predicted octanol–water partition coefficient (Wildman–Crippen LogP) is -2.81. The number of nitrogens with one attached hydrogen (secondary N) is 3. The van der Waals surface area contributed by atoms with Gasteiger partial charge in [0, 0.05) is 6.42 Å². The number of aromatic hydroxyl groups is 1. The molecule has 12 nitrogen and oxygen atoms in total. The zero-order chi connectivity index (χ0) is 23.7. The lowest BCUT2D eigenvalue weighted by Gasteiger charge is -2.24. The highest BCUT2D eigenvalue weighted by molar-refractivity contribution is 5.94. The molecular weight excluding hydrogens is 412 g/mol. The lowest BCUT2D eigenvalue weighted by atomic mass is 10.1. The average molecular weight is 440 g/mol. The zero-order valence-corrected chi connectivity index (χ0v) is 17.1. The maximum atomic E-state index is 12.4. The molecule has 0 aliphatic rings. The van der Waals surface area contributed by atoms with E-state index >= 15 is 0 Å². The summed E-state index contributed by atoms with van der Waals surface area (Å²) in [4.78, 5) is 48.0. The molecule has 31 heavy (non-hydrogen) atoms. The van der Waals surface area contributed by atoms with E-state index in [0.29, 0.717) is 5.56 Å². The van der Waals surface area contributed by atoms with Gasteiger partial charge in [-0.15, -0.1) is 0 Å². The third-order valence-electron chi connectivity index (χ3n) is 4.34. The number of aliphatic hydroxyl groups excluding tert-OH is 2. The third-order valence-corrected chi connectivity index (χ3v) is 4.34. The molecule has 0 spiro atoms. The summed E-state index contributed by atoms with van der Waals surface area (Å²) in [5.74, 6) is -3.87. The lowest BCUT2D eigenvalue weighted by Crippen LogP contribution is -2.59. The van der Waals surface area contributed by atoms with E-state index in [2.05, 4.69) is 16.0 Å². The number of phenols is 1. The highest BCUT2D eigenvalue weighted by atomic mass is 16.4. The van der Waals surface area contributed by atoms with E-state index in [1.165, 1.54) is 38.1 Å². The molecule has 12 heteroatoms. The Bertz CT molecular complexity index is 784. The molecule has 0 saturated carbocycles. The van der Waals surface area contributed by atoms with Crippen molar-refractivity contribution in [1.29, 1.82) is 0 Å². The minimum absolute atomic E-state index is 0.00990. The van der Waals surface area contributed by atoms with Gasteiger partial charge in [-0.25, -0.2) is 4.79 Å². The van der Waals surface area contributed by atoms with E-state index in [1.54, 1.807) is 0 Å². The van der Waals surface area contributed by atoms with E-state index in [9.17, 15) is 34.5 Å². The summed E-state index contributed by atoms with van der Waals surface area (Å²) in [6.07, 6.45) is -1.40. The second-order valence-corrected chi connectivity index (χ2v) is 7.02. The monoisotopic (exact) mass is 440 g/mol. The molecule has 3 amide bonds. The van der Waals surface area contributed by atoms with Crippen LogP contribution in [0.5, 0.6) is 5.75 Å². The first-order chi connectivity index (χ1) is 14.5. The van der Waals surface area contributed by atoms with Gasteiger partial charge in [-0.1, -0.05) is 12.1 Å². The summed E-state index contributed by atoms with van der Waals surface area (Å²) < 4.78 is 0. The maximum absolute atomic E-state index is 12.4. The fraction of sp³-hybridized carbons (Fsp3) is 0.474. The first-order valence-electron chi connectivity index (χ1n) is 9.42. The number of rotatable bonds is 11. The van der Waals surface area contributed by atoms with Gasteiger partial charge in [0.1, 0.15) is 29.9 Å². The number of amides is 3. The van der Waals surface area contributed by atoms with Crippen molar-refractivity contribution in [2.45, 2.75) is 50.5 Å². The van der Waals surface area contributed by atoms with E-state index < -0.39 is 60.6 Å². The third kappa shape index (κ3) is 8.20. The molecule has 0 bridgehead atoms. The van der Waals surface area contributed by atoms with Gasteiger partial charge < -0.3 is 42.1 Å². The van der Waals surface area contributed by atoms with Gasteiger partial charge in [-0.05, 0) is 31.5 Å². The molecule has 0 aliphatic heterocycles. The fourth-order valence-electron chi connectivity index (χ4n) is 2.48. The van der Waals surface area contributed by atoms with Gasteiger partial charge in [0.15, 0.2) is 0 Å². The Morgan fingerprint density at radius 2 is 1.55 bits per heavy atom. The number of aliphatic hydroxyl groups is 2. The Morgan fingerprint density at radius 3 is 2.03 bits per heavy atom. The second kappa shape index (κ2) is 11.8. The predicted molar refractivity (Wildman–Crippen MR) is 108 cm³/mol. The number of carboxylic acid groups (broad SMARTS) is 1. The van der Waals surface area contributed by atoms with E-state index in [1.807, 2.05) is 0 Å². The summed E-state index contributed by atoms with van der Waals surface area (Å²) in [7, 11) is 0.